The van der Waals surface area contributed by atoms with Crippen LogP contribution in [-0.4, -0.2) is 12.1 Å². The highest BCUT2D eigenvalue weighted by molar-refractivity contribution is 5.70. The first-order valence-corrected chi connectivity index (χ1v) is 4.01. The molecule has 2 nitrogen and oxygen atoms in total. The Morgan fingerprint density at radius 3 is 2.09 bits per heavy atom. The quantitative estimate of drug-likeness (QED) is 0.577. The highest BCUT2D eigenvalue weighted by Gasteiger charge is 2.17. The zero-order valence-electron chi connectivity index (χ0n) is 8.10. The Balaban J connectivity index is 3.71. The van der Waals surface area contributed by atoms with Crippen LogP contribution in [0.3, 0.4) is 0 Å². The molecule has 0 aliphatic carbocycles. The van der Waals surface area contributed by atoms with Gasteiger partial charge in [0.15, 0.2) is 0 Å². The van der Waals surface area contributed by atoms with Crippen molar-refractivity contribution >= 4 is 5.97 Å². The summed E-state index contributed by atoms with van der Waals surface area (Å²) in [5, 5.41) is 0. The van der Waals surface area contributed by atoms with Gasteiger partial charge in [-0.05, 0) is 19.3 Å². The lowest BCUT2D eigenvalue weighted by Gasteiger charge is -2.17. The van der Waals surface area contributed by atoms with E-state index in [2.05, 4.69) is 0 Å². The van der Waals surface area contributed by atoms with E-state index >= 15 is 0 Å². The van der Waals surface area contributed by atoms with Crippen molar-refractivity contribution in [1.82, 2.24) is 0 Å². The van der Waals surface area contributed by atoms with Crippen LogP contribution >= 0.6 is 0 Å². The maximum Gasteiger partial charge on any atom is 0.306 e. The number of rotatable bonds is 2. The third-order valence-corrected chi connectivity index (χ3v) is 1.04. The molecular formula is C9H18O2. The number of esters is 1. The minimum Gasteiger partial charge on any atom is -0.463 e. The number of carbonyl (C=O) groups is 1. The lowest BCUT2D eigenvalue weighted by atomic mass is 9.92. The maximum atomic E-state index is 11.0. The average molecular weight is 158 g/mol. The Morgan fingerprint density at radius 2 is 1.82 bits per heavy atom. The van der Waals surface area contributed by atoms with Gasteiger partial charge in [-0.2, -0.15) is 0 Å². The van der Waals surface area contributed by atoms with Gasteiger partial charge in [-0.15, -0.1) is 0 Å². The minimum atomic E-state index is -0.104. The molecule has 0 heterocycles. The Bertz CT molecular complexity index is 131. The molecule has 0 fully saturated rings. The minimum absolute atomic E-state index is 0.00449. The monoisotopic (exact) mass is 158 g/mol. The molecule has 2 heteroatoms. The molecule has 0 aliphatic heterocycles. The van der Waals surface area contributed by atoms with Gasteiger partial charge in [-0.25, -0.2) is 0 Å². The van der Waals surface area contributed by atoms with Crippen LogP contribution in [0.15, 0.2) is 0 Å². The average Bonchev–Trinajstić information content (AvgIpc) is 1.53. The summed E-state index contributed by atoms with van der Waals surface area (Å²) in [6.07, 6.45) is 0.496. The SMILES string of the molecule is CC(C)OC(=O)CC(C)(C)C. The van der Waals surface area contributed by atoms with E-state index < -0.39 is 0 Å². The number of hydrogen-bond donors (Lipinski definition) is 0. The molecule has 11 heavy (non-hydrogen) atoms. The number of hydrogen-bond acceptors (Lipinski definition) is 2. The van der Waals surface area contributed by atoms with Crippen molar-refractivity contribution in [3.8, 4) is 0 Å². The predicted molar refractivity (Wildman–Crippen MR) is 45.3 cm³/mol. The zero-order valence-corrected chi connectivity index (χ0v) is 8.10. The van der Waals surface area contributed by atoms with E-state index in [-0.39, 0.29) is 17.5 Å². The maximum absolute atomic E-state index is 11.0. The topological polar surface area (TPSA) is 26.3 Å². The molecule has 66 valence electrons. The highest BCUT2D eigenvalue weighted by Crippen LogP contribution is 2.19. The predicted octanol–water partition coefficient (Wildman–Crippen LogP) is 2.37. The van der Waals surface area contributed by atoms with Crippen LogP contribution in [0.5, 0.6) is 0 Å². The van der Waals surface area contributed by atoms with Crippen molar-refractivity contribution in [3.63, 3.8) is 0 Å². The summed E-state index contributed by atoms with van der Waals surface area (Å²) >= 11 is 0. The molecule has 0 N–H and O–H groups in total. The summed E-state index contributed by atoms with van der Waals surface area (Å²) in [6.45, 7) is 9.79. The molecule has 0 saturated heterocycles. The van der Waals surface area contributed by atoms with Crippen LogP contribution in [0.4, 0.5) is 0 Å². The number of ether oxygens (including phenoxy) is 1. The summed E-state index contributed by atoms with van der Waals surface area (Å²) in [4.78, 5) is 11.0. The van der Waals surface area contributed by atoms with Crippen molar-refractivity contribution in [2.45, 2.75) is 47.1 Å². The third-order valence-electron chi connectivity index (χ3n) is 1.04. The second-order valence-corrected chi connectivity index (χ2v) is 4.28. The van der Waals surface area contributed by atoms with Crippen molar-refractivity contribution in [2.75, 3.05) is 0 Å². The lowest BCUT2D eigenvalue weighted by molar-refractivity contribution is -0.149. The fourth-order valence-corrected chi connectivity index (χ4v) is 0.738. The summed E-state index contributed by atoms with van der Waals surface area (Å²) < 4.78 is 4.99. The molecule has 0 saturated carbocycles. The van der Waals surface area contributed by atoms with Crippen molar-refractivity contribution in [2.24, 2.45) is 5.41 Å². The summed E-state index contributed by atoms with van der Waals surface area (Å²) in [6, 6.07) is 0. The third kappa shape index (κ3) is 7.37. The molecule has 0 atom stereocenters. The van der Waals surface area contributed by atoms with E-state index in [4.69, 9.17) is 4.74 Å². The first-order chi connectivity index (χ1) is 4.81. The fraction of sp³-hybridized carbons (Fsp3) is 0.889. The number of carbonyl (C=O) groups excluding carboxylic acids is 1. The van der Waals surface area contributed by atoms with Gasteiger partial charge in [0, 0.05) is 0 Å². The molecule has 0 aromatic carbocycles. The van der Waals surface area contributed by atoms with Crippen LogP contribution in [0.1, 0.15) is 41.0 Å². The van der Waals surface area contributed by atoms with Gasteiger partial charge in [0.2, 0.25) is 0 Å². The zero-order chi connectivity index (χ0) is 9.07. The van der Waals surface area contributed by atoms with Gasteiger partial charge in [-0.3, -0.25) is 4.79 Å². The van der Waals surface area contributed by atoms with Crippen LogP contribution < -0.4 is 0 Å². The standard InChI is InChI=1S/C9H18O2/c1-7(2)11-8(10)6-9(3,4)5/h7H,6H2,1-5H3. The van der Waals surface area contributed by atoms with E-state index in [1.807, 2.05) is 34.6 Å². The summed E-state index contributed by atoms with van der Waals surface area (Å²) in [7, 11) is 0. The lowest BCUT2D eigenvalue weighted by Crippen LogP contribution is -2.18. The summed E-state index contributed by atoms with van der Waals surface area (Å²) in [5.41, 5.74) is 0.0337. The molecule has 0 bridgehead atoms. The van der Waals surface area contributed by atoms with Crippen molar-refractivity contribution in [1.29, 1.82) is 0 Å². The van der Waals surface area contributed by atoms with Gasteiger partial charge in [0.25, 0.3) is 0 Å². The Morgan fingerprint density at radius 1 is 1.36 bits per heavy atom. The van der Waals surface area contributed by atoms with Crippen LogP contribution in [0, 0.1) is 5.41 Å². The van der Waals surface area contributed by atoms with Gasteiger partial charge >= 0.3 is 5.97 Å². The molecule has 0 rings (SSSR count). The molecule has 0 aromatic rings. The normalized spacial score (nSPS) is 11.8. The first-order valence-electron chi connectivity index (χ1n) is 4.01. The van der Waals surface area contributed by atoms with Crippen molar-refractivity contribution < 1.29 is 9.53 Å². The summed E-state index contributed by atoms with van der Waals surface area (Å²) in [5.74, 6) is -0.104. The Labute approximate surface area is 68.9 Å². The largest absolute Gasteiger partial charge is 0.463 e. The molecule has 0 aliphatic rings. The molecule has 0 aromatic heterocycles. The first kappa shape index (κ1) is 10.5. The Kier molecular flexibility index (Phi) is 3.56. The van der Waals surface area contributed by atoms with Gasteiger partial charge in [0.1, 0.15) is 0 Å². The highest BCUT2D eigenvalue weighted by atomic mass is 16.5. The van der Waals surface area contributed by atoms with Crippen LogP contribution in [0.25, 0.3) is 0 Å². The van der Waals surface area contributed by atoms with Gasteiger partial charge in [0.05, 0.1) is 12.5 Å². The van der Waals surface area contributed by atoms with E-state index in [1.165, 1.54) is 0 Å². The second-order valence-electron chi connectivity index (χ2n) is 4.28. The molecule has 0 radical (unpaired) electrons. The molecular weight excluding hydrogens is 140 g/mol. The van der Waals surface area contributed by atoms with Gasteiger partial charge in [-0.1, -0.05) is 20.8 Å². The van der Waals surface area contributed by atoms with Crippen LogP contribution in [0.2, 0.25) is 0 Å². The van der Waals surface area contributed by atoms with E-state index in [1.54, 1.807) is 0 Å². The smallest absolute Gasteiger partial charge is 0.306 e. The fourth-order valence-electron chi connectivity index (χ4n) is 0.738. The van der Waals surface area contributed by atoms with Crippen LogP contribution in [-0.2, 0) is 9.53 Å². The van der Waals surface area contributed by atoms with E-state index in [9.17, 15) is 4.79 Å². The molecule has 0 amide bonds. The molecule has 0 spiro atoms. The second kappa shape index (κ2) is 3.74. The Hall–Kier alpha value is -0.530. The molecule has 0 unspecified atom stereocenters. The van der Waals surface area contributed by atoms with E-state index in [0.717, 1.165) is 0 Å². The van der Waals surface area contributed by atoms with E-state index in [0.29, 0.717) is 6.42 Å². The van der Waals surface area contributed by atoms with Gasteiger partial charge < -0.3 is 4.74 Å². The van der Waals surface area contributed by atoms with Crippen molar-refractivity contribution in [3.05, 3.63) is 0 Å².